The van der Waals surface area contributed by atoms with Crippen molar-refractivity contribution in [1.29, 1.82) is 10.5 Å². The lowest BCUT2D eigenvalue weighted by molar-refractivity contribution is 1.00. The van der Waals surface area contributed by atoms with Crippen LogP contribution < -0.4 is 0 Å². The number of hydrogen-bond donors (Lipinski definition) is 0. The Bertz CT molecular complexity index is 778. The lowest BCUT2D eigenvalue weighted by Gasteiger charge is -2.16. The Morgan fingerprint density at radius 2 is 1.27 bits per heavy atom. The van der Waals surface area contributed by atoms with Crippen LogP contribution in [0, 0.1) is 22.7 Å². The Morgan fingerprint density at radius 3 is 1.64 bits per heavy atom. The summed E-state index contributed by atoms with van der Waals surface area (Å²) in [6.45, 7) is 0. The van der Waals surface area contributed by atoms with E-state index >= 15 is 0 Å². The van der Waals surface area contributed by atoms with E-state index in [1.807, 2.05) is 54.6 Å². The highest BCUT2D eigenvalue weighted by Gasteiger charge is 2.18. The first-order valence-corrected chi connectivity index (χ1v) is 7.50. The summed E-state index contributed by atoms with van der Waals surface area (Å²) in [7, 11) is 0. The second-order valence-corrected chi connectivity index (χ2v) is 5.68. The molecule has 0 atom stereocenters. The van der Waals surface area contributed by atoms with Gasteiger partial charge in [0.1, 0.15) is 0 Å². The molecule has 0 fully saturated rings. The Hall–Kier alpha value is -2.95. The van der Waals surface area contributed by atoms with Crippen molar-refractivity contribution in [1.82, 2.24) is 4.37 Å². The third kappa shape index (κ3) is 2.74. The minimum atomic E-state index is 0.0629. The number of hydrogen-bond acceptors (Lipinski definition) is 4. The van der Waals surface area contributed by atoms with Gasteiger partial charge in [0.05, 0.1) is 23.3 Å². The highest BCUT2D eigenvalue weighted by molar-refractivity contribution is 7.05. The Balaban J connectivity index is 2.07. The van der Waals surface area contributed by atoms with E-state index in [1.165, 1.54) is 11.5 Å². The van der Waals surface area contributed by atoms with E-state index in [0.717, 1.165) is 16.0 Å². The van der Waals surface area contributed by atoms with Crippen molar-refractivity contribution in [2.45, 2.75) is 5.92 Å². The second-order valence-electron chi connectivity index (χ2n) is 4.82. The molecule has 4 heteroatoms. The van der Waals surface area contributed by atoms with Crippen LogP contribution in [0.2, 0.25) is 0 Å². The van der Waals surface area contributed by atoms with Gasteiger partial charge in [0.15, 0.2) is 0 Å². The van der Waals surface area contributed by atoms with Gasteiger partial charge in [-0.3, -0.25) is 0 Å². The van der Waals surface area contributed by atoms with Crippen LogP contribution in [0.1, 0.15) is 33.0 Å². The molecule has 0 aliphatic rings. The van der Waals surface area contributed by atoms with Crippen LogP contribution in [0.4, 0.5) is 0 Å². The van der Waals surface area contributed by atoms with E-state index in [2.05, 4.69) is 16.5 Å². The molecular formula is C18H11N3S. The largest absolute Gasteiger partial charge is 0.201 e. The molecule has 1 heterocycles. The summed E-state index contributed by atoms with van der Waals surface area (Å²) in [6.07, 6.45) is 1.79. The summed E-state index contributed by atoms with van der Waals surface area (Å²) in [5.41, 5.74) is 3.50. The maximum atomic E-state index is 8.94. The molecule has 0 aliphatic heterocycles. The fourth-order valence-corrected chi connectivity index (χ4v) is 3.14. The topological polar surface area (TPSA) is 60.5 Å². The molecule has 0 unspecified atom stereocenters. The molecule has 3 aromatic rings. The number of rotatable bonds is 3. The van der Waals surface area contributed by atoms with Gasteiger partial charge in [-0.05, 0) is 53.0 Å². The molecule has 3 nitrogen and oxygen atoms in total. The molecule has 22 heavy (non-hydrogen) atoms. The highest BCUT2D eigenvalue weighted by Crippen LogP contribution is 2.33. The lowest BCUT2D eigenvalue weighted by atomic mass is 9.89. The quantitative estimate of drug-likeness (QED) is 0.732. The molecule has 0 amide bonds. The van der Waals surface area contributed by atoms with E-state index in [4.69, 9.17) is 10.5 Å². The first kappa shape index (κ1) is 14.0. The Morgan fingerprint density at radius 1 is 0.773 bits per heavy atom. The molecule has 1 aromatic heterocycles. The van der Waals surface area contributed by atoms with Crippen molar-refractivity contribution in [2.75, 3.05) is 0 Å². The van der Waals surface area contributed by atoms with Crippen LogP contribution in [0.3, 0.4) is 0 Å². The molecule has 104 valence electrons. The SMILES string of the molecule is N#Cc1ccc(C(c2ccc(C#N)cc2)c2ccns2)cc1. The van der Waals surface area contributed by atoms with Gasteiger partial charge < -0.3 is 0 Å². The molecule has 0 N–H and O–H groups in total. The number of nitriles is 2. The summed E-state index contributed by atoms with van der Waals surface area (Å²) in [6, 6.07) is 21.5. The molecular weight excluding hydrogens is 290 g/mol. The lowest BCUT2D eigenvalue weighted by Crippen LogP contribution is -2.01. The number of nitrogens with zero attached hydrogens (tertiary/aromatic N) is 3. The van der Waals surface area contributed by atoms with Crippen LogP contribution in [0.5, 0.6) is 0 Å². The third-order valence-electron chi connectivity index (χ3n) is 3.49. The van der Waals surface area contributed by atoms with Crippen LogP contribution in [-0.2, 0) is 0 Å². The number of benzene rings is 2. The predicted molar refractivity (Wildman–Crippen MR) is 85.4 cm³/mol. The zero-order valence-corrected chi connectivity index (χ0v) is 12.4. The molecule has 0 spiro atoms. The van der Waals surface area contributed by atoms with Crippen molar-refractivity contribution < 1.29 is 0 Å². The van der Waals surface area contributed by atoms with Gasteiger partial charge in [0.2, 0.25) is 0 Å². The minimum Gasteiger partial charge on any atom is -0.201 e. The van der Waals surface area contributed by atoms with Crippen LogP contribution in [0.15, 0.2) is 60.8 Å². The minimum absolute atomic E-state index is 0.0629. The normalized spacial score (nSPS) is 10.1. The van der Waals surface area contributed by atoms with E-state index in [0.29, 0.717) is 11.1 Å². The second kappa shape index (κ2) is 6.22. The summed E-state index contributed by atoms with van der Waals surface area (Å²) >= 11 is 1.46. The van der Waals surface area contributed by atoms with Gasteiger partial charge in [-0.25, -0.2) is 4.37 Å². The van der Waals surface area contributed by atoms with Gasteiger partial charge in [0.25, 0.3) is 0 Å². The maximum Gasteiger partial charge on any atom is 0.0991 e. The molecule has 0 saturated carbocycles. The van der Waals surface area contributed by atoms with Crippen molar-refractivity contribution in [3.05, 3.63) is 87.9 Å². The van der Waals surface area contributed by atoms with E-state index in [-0.39, 0.29) is 5.92 Å². The van der Waals surface area contributed by atoms with E-state index in [9.17, 15) is 0 Å². The first-order chi connectivity index (χ1) is 10.8. The average molecular weight is 301 g/mol. The molecule has 3 rings (SSSR count). The van der Waals surface area contributed by atoms with Crippen molar-refractivity contribution in [2.24, 2.45) is 0 Å². The van der Waals surface area contributed by atoms with Gasteiger partial charge in [-0.2, -0.15) is 10.5 Å². The summed E-state index contributed by atoms with van der Waals surface area (Å²) in [5.74, 6) is 0.0629. The zero-order valence-electron chi connectivity index (χ0n) is 11.6. The van der Waals surface area contributed by atoms with Gasteiger partial charge in [-0.15, -0.1) is 0 Å². The van der Waals surface area contributed by atoms with Gasteiger partial charge in [0, 0.05) is 17.0 Å². The maximum absolute atomic E-state index is 8.94. The Kier molecular flexibility index (Phi) is 3.96. The summed E-state index contributed by atoms with van der Waals surface area (Å²) in [5, 5.41) is 17.9. The predicted octanol–water partition coefficient (Wildman–Crippen LogP) is 4.07. The van der Waals surface area contributed by atoms with Crippen LogP contribution in [-0.4, -0.2) is 4.37 Å². The van der Waals surface area contributed by atoms with Crippen LogP contribution in [0.25, 0.3) is 0 Å². The van der Waals surface area contributed by atoms with Crippen molar-refractivity contribution in [3.8, 4) is 12.1 Å². The molecule has 2 aromatic carbocycles. The summed E-state index contributed by atoms with van der Waals surface area (Å²) in [4.78, 5) is 1.13. The smallest absolute Gasteiger partial charge is 0.0991 e. The summed E-state index contributed by atoms with van der Waals surface area (Å²) < 4.78 is 4.20. The van der Waals surface area contributed by atoms with Crippen molar-refractivity contribution >= 4 is 11.5 Å². The molecule has 0 saturated heterocycles. The first-order valence-electron chi connectivity index (χ1n) is 6.72. The third-order valence-corrected chi connectivity index (χ3v) is 4.30. The molecule has 0 radical (unpaired) electrons. The monoisotopic (exact) mass is 301 g/mol. The Labute approximate surface area is 132 Å². The average Bonchev–Trinajstić information content (AvgIpc) is 3.10. The van der Waals surface area contributed by atoms with E-state index in [1.54, 1.807) is 6.20 Å². The highest BCUT2D eigenvalue weighted by atomic mass is 32.1. The van der Waals surface area contributed by atoms with Gasteiger partial charge >= 0.3 is 0 Å². The van der Waals surface area contributed by atoms with E-state index < -0.39 is 0 Å². The molecule has 0 aliphatic carbocycles. The standard InChI is InChI=1S/C18H11N3S/c19-11-13-1-5-15(6-2-13)18(17-9-10-21-22-17)16-7-3-14(12-20)4-8-16/h1-10,18H. The van der Waals surface area contributed by atoms with Crippen molar-refractivity contribution in [3.63, 3.8) is 0 Å². The van der Waals surface area contributed by atoms with Gasteiger partial charge in [-0.1, -0.05) is 24.3 Å². The number of aromatic nitrogens is 1. The fraction of sp³-hybridized carbons (Fsp3) is 0.0556. The fourth-order valence-electron chi connectivity index (χ4n) is 2.40. The molecule has 0 bridgehead atoms. The zero-order chi connectivity index (χ0) is 15.4. The van der Waals surface area contributed by atoms with Crippen LogP contribution >= 0.6 is 11.5 Å².